The Hall–Kier alpha value is -0.810. The van der Waals surface area contributed by atoms with E-state index in [0.717, 1.165) is 64.6 Å². The summed E-state index contributed by atoms with van der Waals surface area (Å²) < 4.78 is 0. The summed E-state index contributed by atoms with van der Waals surface area (Å²) in [5.41, 5.74) is 6.08. The largest absolute Gasteiger partial charge is 0.342 e. The fourth-order valence-electron chi connectivity index (χ4n) is 4.27. The number of piperidine rings is 1. The highest BCUT2D eigenvalue weighted by molar-refractivity contribution is 5.85. The lowest BCUT2D eigenvalue weighted by Gasteiger charge is -2.34. The molecule has 0 aromatic heterocycles. The van der Waals surface area contributed by atoms with Gasteiger partial charge >= 0.3 is 0 Å². The van der Waals surface area contributed by atoms with Crippen LogP contribution in [0.5, 0.6) is 0 Å². The second-order valence-corrected chi connectivity index (χ2v) is 7.27. The third kappa shape index (κ3) is 4.38. The Balaban J connectivity index is 0.00000192. The van der Waals surface area contributed by atoms with Gasteiger partial charge in [-0.05, 0) is 44.4 Å². The van der Waals surface area contributed by atoms with Crippen LogP contribution in [-0.4, -0.2) is 53.8 Å². The summed E-state index contributed by atoms with van der Waals surface area (Å²) in [7, 11) is 0. The van der Waals surface area contributed by atoms with Gasteiger partial charge in [0.25, 0.3) is 0 Å². The van der Waals surface area contributed by atoms with E-state index < -0.39 is 0 Å². The van der Waals surface area contributed by atoms with Crippen molar-refractivity contribution in [1.82, 2.24) is 9.80 Å². The maximum Gasteiger partial charge on any atom is 0.227 e. The lowest BCUT2D eigenvalue weighted by Crippen LogP contribution is -2.46. The molecule has 0 aromatic carbocycles. The highest BCUT2D eigenvalue weighted by Crippen LogP contribution is 2.28. The number of rotatable bonds is 3. The number of carbonyl (C=O) groups is 2. The lowest BCUT2D eigenvalue weighted by atomic mass is 9.94. The molecule has 2 aliphatic heterocycles. The van der Waals surface area contributed by atoms with Crippen LogP contribution in [0.1, 0.15) is 51.4 Å². The molecule has 1 saturated carbocycles. The molecule has 23 heavy (non-hydrogen) atoms. The molecule has 3 aliphatic rings. The molecular weight excluding hydrogens is 314 g/mol. The van der Waals surface area contributed by atoms with Gasteiger partial charge in [-0.25, -0.2) is 0 Å². The molecule has 3 fully saturated rings. The maximum atomic E-state index is 12.5. The normalized spacial score (nSPS) is 31.1. The van der Waals surface area contributed by atoms with Crippen LogP contribution < -0.4 is 5.73 Å². The fourth-order valence-corrected chi connectivity index (χ4v) is 4.27. The van der Waals surface area contributed by atoms with Crippen LogP contribution in [0.3, 0.4) is 0 Å². The molecule has 1 unspecified atom stereocenters. The van der Waals surface area contributed by atoms with Gasteiger partial charge in [-0.1, -0.05) is 6.42 Å². The Kier molecular flexibility index (Phi) is 6.72. The maximum absolute atomic E-state index is 12.5. The van der Waals surface area contributed by atoms with Crippen LogP contribution in [0.2, 0.25) is 0 Å². The molecule has 0 spiro atoms. The zero-order valence-corrected chi connectivity index (χ0v) is 14.7. The van der Waals surface area contributed by atoms with E-state index in [-0.39, 0.29) is 36.2 Å². The first-order chi connectivity index (χ1) is 10.6. The number of likely N-dealkylation sites (tertiary alicyclic amines) is 2. The smallest absolute Gasteiger partial charge is 0.227 e. The first-order valence-electron chi connectivity index (χ1n) is 8.97. The molecule has 1 aliphatic carbocycles. The van der Waals surface area contributed by atoms with Crippen molar-refractivity contribution in [3.05, 3.63) is 0 Å². The first-order valence-corrected chi connectivity index (χ1v) is 8.97. The van der Waals surface area contributed by atoms with E-state index >= 15 is 0 Å². The number of carbonyl (C=O) groups excluding carboxylic acids is 2. The van der Waals surface area contributed by atoms with E-state index in [1.54, 1.807) is 0 Å². The highest BCUT2D eigenvalue weighted by Gasteiger charge is 2.34. The third-order valence-electron chi connectivity index (χ3n) is 5.70. The second-order valence-electron chi connectivity index (χ2n) is 7.27. The van der Waals surface area contributed by atoms with E-state index in [1.165, 1.54) is 0 Å². The molecule has 3 atom stereocenters. The average molecular weight is 344 g/mol. The van der Waals surface area contributed by atoms with Crippen molar-refractivity contribution in [2.24, 2.45) is 17.6 Å². The minimum Gasteiger partial charge on any atom is -0.342 e. The van der Waals surface area contributed by atoms with Gasteiger partial charge in [0.15, 0.2) is 0 Å². The van der Waals surface area contributed by atoms with E-state index in [4.69, 9.17) is 5.73 Å². The quantitative estimate of drug-likeness (QED) is 0.849. The number of amides is 2. The zero-order valence-electron chi connectivity index (χ0n) is 13.9. The first kappa shape index (κ1) is 18.5. The van der Waals surface area contributed by atoms with Crippen molar-refractivity contribution in [2.45, 2.75) is 57.4 Å². The van der Waals surface area contributed by atoms with Gasteiger partial charge in [0.05, 0.1) is 5.92 Å². The van der Waals surface area contributed by atoms with E-state index in [0.29, 0.717) is 18.9 Å². The average Bonchev–Trinajstić information content (AvgIpc) is 3.19. The van der Waals surface area contributed by atoms with Crippen LogP contribution in [0.25, 0.3) is 0 Å². The third-order valence-corrected chi connectivity index (χ3v) is 5.70. The molecule has 0 radical (unpaired) electrons. The van der Waals surface area contributed by atoms with Crippen molar-refractivity contribution in [1.29, 1.82) is 0 Å². The molecular formula is C17H30ClN3O2. The van der Waals surface area contributed by atoms with Gasteiger partial charge in [-0.15, -0.1) is 12.4 Å². The summed E-state index contributed by atoms with van der Waals surface area (Å²) in [6, 6.07) is 0.191. The summed E-state index contributed by atoms with van der Waals surface area (Å²) in [6.45, 7) is 3.24. The van der Waals surface area contributed by atoms with E-state index in [1.807, 2.05) is 9.80 Å². The Morgan fingerprint density at radius 2 is 1.61 bits per heavy atom. The van der Waals surface area contributed by atoms with Crippen molar-refractivity contribution in [2.75, 3.05) is 26.2 Å². The topological polar surface area (TPSA) is 66.6 Å². The predicted molar refractivity (Wildman–Crippen MR) is 92.3 cm³/mol. The molecule has 3 rings (SSSR count). The Morgan fingerprint density at radius 1 is 0.913 bits per heavy atom. The summed E-state index contributed by atoms with van der Waals surface area (Å²) in [5, 5.41) is 0. The molecule has 5 nitrogen and oxygen atoms in total. The molecule has 0 aromatic rings. The zero-order chi connectivity index (χ0) is 15.5. The van der Waals surface area contributed by atoms with Crippen molar-refractivity contribution < 1.29 is 9.59 Å². The van der Waals surface area contributed by atoms with Crippen molar-refractivity contribution >= 4 is 24.2 Å². The number of nitrogens with zero attached hydrogens (tertiary/aromatic N) is 2. The van der Waals surface area contributed by atoms with Gasteiger partial charge in [0.2, 0.25) is 11.8 Å². The molecule has 2 heterocycles. The summed E-state index contributed by atoms with van der Waals surface area (Å²) >= 11 is 0. The van der Waals surface area contributed by atoms with Crippen LogP contribution in [0, 0.1) is 11.8 Å². The predicted octanol–water partition coefficient (Wildman–Crippen LogP) is 1.79. The van der Waals surface area contributed by atoms with Gasteiger partial charge < -0.3 is 15.5 Å². The van der Waals surface area contributed by atoms with Crippen molar-refractivity contribution in [3.63, 3.8) is 0 Å². The standard InChI is InChI=1S/C17H29N3O2.ClH/c18-15-7-3-5-13(15)11-16(21)20-10-4-6-14(12-20)17(22)19-8-1-2-9-19;/h13-15H,1-12,18H2;1H/t13-,14?,15+;/m0./s1. The summed E-state index contributed by atoms with van der Waals surface area (Å²) in [5.74, 6) is 0.851. The highest BCUT2D eigenvalue weighted by atomic mass is 35.5. The minimum atomic E-state index is 0. The van der Waals surface area contributed by atoms with Crippen LogP contribution in [0.4, 0.5) is 0 Å². The number of nitrogens with two attached hydrogens (primary N) is 1. The molecule has 132 valence electrons. The van der Waals surface area contributed by atoms with Gasteiger partial charge in [-0.3, -0.25) is 9.59 Å². The van der Waals surface area contributed by atoms with Gasteiger partial charge in [0, 0.05) is 38.6 Å². The number of hydrogen-bond acceptors (Lipinski definition) is 3. The Morgan fingerprint density at radius 3 is 2.26 bits per heavy atom. The van der Waals surface area contributed by atoms with Crippen LogP contribution >= 0.6 is 12.4 Å². The van der Waals surface area contributed by atoms with Gasteiger partial charge in [0.1, 0.15) is 0 Å². The molecule has 2 saturated heterocycles. The number of hydrogen-bond donors (Lipinski definition) is 1. The minimum absolute atomic E-state index is 0. The van der Waals surface area contributed by atoms with Crippen molar-refractivity contribution in [3.8, 4) is 0 Å². The van der Waals surface area contributed by atoms with Crippen LogP contribution in [-0.2, 0) is 9.59 Å². The SMILES string of the molecule is Cl.N[C@@H]1CCC[C@H]1CC(=O)N1CCCC(C(=O)N2CCCC2)C1. The number of halogens is 1. The Labute approximate surface area is 145 Å². The summed E-state index contributed by atoms with van der Waals surface area (Å²) in [4.78, 5) is 29.0. The second kappa shape index (κ2) is 8.34. The lowest BCUT2D eigenvalue weighted by molar-refractivity contribution is -0.140. The molecule has 2 amide bonds. The van der Waals surface area contributed by atoms with E-state index in [9.17, 15) is 9.59 Å². The van der Waals surface area contributed by atoms with E-state index in [2.05, 4.69) is 0 Å². The Bertz CT molecular complexity index is 426. The summed E-state index contributed by atoms with van der Waals surface area (Å²) in [6.07, 6.45) is 7.99. The fraction of sp³-hybridized carbons (Fsp3) is 0.882. The molecule has 6 heteroatoms. The van der Waals surface area contributed by atoms with Crippen LogP contribution in [0.15, 0.2) is 0 Å². The monoisotopic (exact) mass is 343 g/mol. The van der Waals surface area contributed by atoms with Gasteiger partial charge in [-0.2, -0.15) is 0 Å². The molecule has 0 bridgehead atoms. The molecule has 2 N–H and O–H groups in total.